The van der Waals surface area contributed by atoms with E-state index in [0.29, 0.717) is 24.9 Å². The summed E-state index contributed by atoms with van der Waals surface area (Å²) in [4.78, 5) is 20.1. The number of nitrogens with two attached hydrogens (primary N) is 2. The number of methoxy groups -OCH3 is 1. The first-order chi connectivity index (χ1) is 11.5. The zero-order chi connectivity index (χ0) is 17.5. The van der Waals surface area contributed by atoms with E-state index in [1.807, 2.05) is 31.2 Å². The molecule has 2 aromatic rings. The van der Waals surface area contributed by atoms with Crippen molar-refractivity contribution in [2.45, 2.75) is 13.0 Å². The summed E-state index contributed by atoms with van der Waals surface area (Å²) in [5.74, 6) is 0.0606. The number of anilines is 3. The number of nitrogens with zero attached hydrogens (tertiary/aromatic N) is 2. The molecule has 1 atom stereocenters. The van der Waals surface area contributed by atoms with Crippen LogP contribution in [0.5, 0.6) is 0 Å². The molecule has 24 heavy (non-hydrogen) atoms. The summed E-state index contributed by atoms with van der Waals surface area (Å²) < 4.78 is 5.08. The van der Waals surface area contributed by atoms with E-state index in [1.165, 1.54) is 6.20 Å². The van der Waals surface area contributed by atoms with Gasteiger partial charge in [0, 0.05) is 25.5 Å². The number of aryl methyl sites for hydroxylation is 1. The van der Waals surface area contributed by atoms with E-state index in [0.717, 1.165) is 11.3 Å². The second-order valence-corrected chi connectivity index (χ2v) is 5.35. The van der Waals surface area contributed by atoms with Crippen LogP contribution in [-0.2, 0) is 4.74 Å². The third-order valence-electron chi connectivity index (χ3n) is 3.32. The Labute approximate surface area is 140 Å². The molecule has 0 aliphatic carbocycles. The molecule has 0 saturated carbocycles. The molecule has 8 nitrogen and oxygen atoms in total. The summed E-state index contributed by atoms with van der Waals surface area (Å²) in [6.07, 6.45) is 1.39. The van der Waals surface area contributed by atoms with Crippen molar-refractivity contribution >= 4 is 23.4 Å². The highest BCUT2D eigenvalue weighted by molar-refractivity contribution is 5.98. The number of aromatic nitrogens is 2. The molecule has 0 aliphatic heterocycles. The molecule has 8 heteroatoms. The largest absolute Gasteiger partial charge is 0.383 e. The van der Waals surface area contributed by atoms with Crippen LogP contribution in [0.1, 0.15) is 15.9 Å². The van der Waals surface area contributed by atoms with Gasteiger partial charge in [0.25, 0.3) is 5.91 Å². The topological polar surface area (TPSA) is 128 Å². The number of carbonyl (C=O) groups excluding carboxylic acids is 1. The second-order valence-electron chi connectivity index (χ2n) is 5.35. The molecular formula is C16H22N6O2. The van der Waals surface area contributed by atoms with Crippen molar-refractivity contribution in [3.8, 4) is 0 Å². The summed E-state index contributed by atoms with van der Waals surface area (Å²) in [6, 6.07) is 7.56. The monoisotopic (exact) mass is 330 g/mol. The zero-order valence-electron chi connectivity index (χ0n) is 13.7. The highest BCUT2D eigenvalue weighted by Crippen LogP contribution is 2.20. The van der Waals surface area contributed by atoms with Gasteiger partial charge in [-0.05, 0) is 24.6 Å². The lowest BCUT2D eigenvalue weighted by atomic mass is 10.2. The second kappa shape index (κ2) is 8.23. The van der Waals surface area contributed by atoms with Gasteiger partial charge in [0.15, 0.2) is 0 Å². The van der Waals surface area contributed by atoms with Gasteiger partial charge < -0.3 is 26.8 Å². The summed E-state index contributed by atoms with van der Waals surface area (Å²) in [5, 5.41) is 6.17. The van der Waals surface area contributed by atoms with E-state index in [1.54, 1.807) is 7.11 Å². The van der Waals surface area contributed by atoms with Crippen molar-refractivity contribution in [2.75, 3.05) is 30.9 Å². The highest BCUT2D eigenvalue weighted by Gasteiger charge is 2.14. The summed E-state index contributed by atoms with van der Waals surface area (Å²) >= 11 is 0. The smallest absolute Gasteiger partial charge is 0.254 e. The van der Waals surface area contributed by atoms with Crippen molar-refractivity contribution in [1.82, 2.24) is 9.97 Å². The van der Waals surface area contributed by atoms with Crippen LogP contribution in [0.3, 0.4) is 0 Å². The Morgan fingerprint density at radius 1 is 1.42 bits per heavy atom. The van der Waals surface area contributed by atoms with Gasteiger partial charge in [0.1, 0.15) is 11.4 Å². The first-order valence-electron chi connectivity index (χ1n) is 7.49. The van der Waals surface area contributed by atoms with Crippen LogP contribution in [0, 0.1) is 6.92 Å². The minimum atomic E-state index is -0.607. The van der Waals surface area contributed by atoms with Crippen LogP contribution in [-0.4, -0.2) is 42.2 Å². The molecule has 128 valence electrons. The molecule has 1 unspecified atom stereocenters. The van der Waals surface area contributed by atoms with Gasteiger partial charge in [-0.25, -0.2) is 4.98 Å². The third-order valence-corrected chi connectivity index (χ3v) is 3.32. The quantitative estimate of drug-likeness (QED) is 0.568. The Morgan fingerprint density at radius 3 is 2.83 bits per heavy atom. The minimum Gasteiger partial charge on any atom is -0.383 e. The lowest BCUT2D eigenvalue weighted by molar-refractivity contribution is 0.100. The maximum absolute atomic E-state index is 11.6. The van der Waals surface area contributed by atoms with E-state index in [4.69, 9.17) is 16.2 Å². The first-order valence-corrected chi connectivity index (χ1v) is 7.49. The molecule has 1 heterocycles. The minimum absolute atomic E-state index is 0.138. The Bertz CT molecular complexity index is 707. The summed E-state index contributed by atoms with van der Waals surface area (Å²) in [6.45, 7) is 2.75. The summed E-state index contributed by atoms with van der Waals surface area (Å²) in [5.41, 5.74) is 13.2. The van der Waals surface area contributed by atoms with Crippen molar-refractivity contribution in [3.05, 3.63) is 41.6 Å². The molecule has 0 fully saturated rings. The summed E-state index contributed by atoms with van der Waals surface area (Å²) in [7, 11) is 1.59. The molecule has 0 bridgehead atoms. The van der Waals surface area contributed by atoms with Crippen LogP contribution in [0.2, 0.25) is 0 Å². The van der Waals surface area contributed by atoms with Gasteiger partial charge in [-0.1, -0.05) is 12.1 Å². The molecule has 1 aromatic carbocycles. The average Bonchev–Trinajstić information content (AvgIpc) is 2.54. The molecular weight excluding hydrogens is 308 g/mol. The van der Waals surface area contributed by atoms with Gasteiger partial charge in [-0.3, -0.25) is 4.79 Å². The van der Waals surface area contributed by atoms with Crippen LogP contribution in [0.25, 0.3) is 0 Å². The van der Waals surface area contributed by atoms with Crippen molar-refractivity contribution in [3.63, 3.8) is 0 Å². The molecule has 0 saturated heterocycles. The molecule has 6 N–H and O–H groups in total. The van der Waals surface area contributed by atoms with E-state index >= 15 is 0 Å². The Morgan fingerprint density at radius 2 is 2.21 bits per heavy atom. The lowest BCUT2D eigenvalue weighted by Gasteiger charge is -2.17. The maximum atomic E-state index is 11.6. The fourth-order valence-corrected chi connectivity index (χ4v) is 2.14. The Balaban J connectivity index is 2.29. The third kappa shape index (κ3) is 4.64. The van der Waals surface area contributed by atoms with E-state index in [2.05, 4.69) is 20.6 Å². The normalized spacial score (nSPS) is 11.8. The standard InChI is InChI=1S/C16H22N6O2/c1-10-4-3-5-11(6-10)20-15-13(14(18)23)8-19-16(22-15)21-12(7-17)9-24-2/h3-6,8,12H,7,9,17H2,1-2H3,(H2,18,23)(H2,19,20,21,22). The van der Waals surface area contributed by atoms with Crippen molar-refractivity contribution in [2.24, 2.45) is 11.5 Å². The molecule has 1 aromatic heterocycles. The van der Waals surface area contributed by atoms with Gasteiger partial charge in [0.2, 0.25) is 5.95 Å². The maximum Gasteiger partial charge on any atom is 0.254 e. The number of hydrogen-bond donors (Lipinski definition) is 4. The molecule has 0 aliphatic rings. The van der Waals surface area contributed by atoms with Gasteiger partial charge >= 0.3 is 0 Å². The highest BCUT2D eigenvalue weighted by atomic mass is 16.5. The predicted molar refractivity (Wildman–Crippen MR) is 93.4 cm³/mol. The Hall–Kier alpha value is -2.71. The lowest BCUT2D eigenvalue weighted by Crippen LogP contribution is -2.34. The molecule has 1 amide bonds. The molecule has 2 rings (SSSR count). The van der Waals surface area contributed by atoms with Crippen molar-refractivity contribution < 1.29 is 9.53 Å². The van der Waals surface area contributed by atoms with Gasteiger partial charge in [0.05, 0.1) is 12.6 Å². The van der Waals surface area contributed by atoms with Gasteiger partial charge in [-0.2, -0.15) is 4.98 Å². The number of amides is 1. The number of ether oxygens (including phenoxy) is 1. The molecule has 0 spiro atoms. The van der Waals surface area contributed by atoms with Crippen LogP contribution >= 0.6 is 0 Å². The number of nitrogens with one attached hydrogen (secondary N) is 2. The fraction of sp³-hybridized carbons (Fsp3) is 0.312. The number of carbonyl (C=O) groups is 1. The van der Waals surface area contributed by atoms with Crippen LogP contribution in [0.15, 0.2) is 30.5 Å². The number of benzene rings is 1. The van der Waals surface area contributed by atoms with Gasteiger partial charge in [-0.15, -0.1) is 0 Å². The SMILES string of the molecule is COCC(CN)Nc1ncc(C(N)=O)c(Nc2cccc(C)c2)n1. The fourth-order valence-electron chi connectivity index (χ4n) is 2.14. The number of hydrogen-bond acceptors (Lipinski definition) is 7. The van der Waals surface area contributed by atoms with E-state index < -0.39 is 5.91 Å². The van der Waals surface area contributed by atoms with Crippen LogP contribution < -0.4 is 22.1 Å². The molecule has 0 radical (unpaired) electrons. The first kappa shape index (κ1) is 17.6. The number of primary amides is 1. The zero-order valence-corrected chi connectivity index (χ0v) is 13.7. The average molecular weight is 330 g/mol. The van der Waals surface area contributed by atoms with Crippen molar-refractivity contribution in [1.29, 1.82) is 0 Å². The van der Waals surface area contributed by atoms with E-state index in [-0.39, 0.29) is 11.6 Å². The number of rotatable bonds is 8. The van der Waals surface area contributed by atoms with Crippen LogP contribution in [0.4, 0.5) is 17.5 Å². The van der Waals surface area contributed by atoms with E-state index in [9.17, 15) is 4.79 Å². The Kier molecular flexibility index (Phi) is 6.05. The predicted octanol–water partition coefficient (Wildman–Crippen LogP) is 1.01.